The van der Waals surface area contributed by atoms with E-state index in [4.69, 9.17) is 16.9 Å². The summed E-state index contributed by atoms with van der Waals surface area (Å²) in [5.41, 5.74) is 0.449. The molecule has 1 rings (SSSR count). The maximum absolute atomic E-state index is 8.52. The van der Waals surface area contributed by atoms with Crippen molar-refractivity contribution in [1.29, 1.82) is 5.26 Å². The molecule has 0 aliphatic carbocycles. The molecule has 0 radical (unpaired) electrons. The van der Waals surface area contributed by atoms with Crippen LogP contribution in [0.15, 0.2) is 12.3 Å². The molecule has 10 heavy (non-hydrogen) atoms. The SMILES string of the molecule is N#Cc1c(I)ccnc1Cl. The van der Waals surface area contributed by atoms with Gasteiger partial charge in [-0.05, 0) is 28.7 Å². The Bertz CT molecular complexity index is 272. The first-order valence-corrected chi connectivity index (χ1v) is 3.91. The van der Waals surface area contributed by atoms with Crippen molar-refractivity contribution in [3.63, 3.8) is 0 Å². The summed E-state index contributed by atoms with van der Waals surface area (Å²) in [7, 11) is 0. The second kappa shape index (κ2) is 3.17. The maximum atomic E-state index is 8.52. The van der Waals surface area contributed by atoms with Crippen molar-refractivity contribution in [2.45, 2.75) is 0 Å². The number of nitriles is 1. The summed E-state index contributed by atoms with van der Waals surface area (Å²) in [5, 5.41) is 8.79. The van der Waals surface area contributed by atoms with E-state index in [2.05, 4.69) is 4.98 Å². The highest BCUT2D eigenvalue weighted by Crippen LogP contribution is 2.17. The molecule has 0 aliphatic heterocycles. The molecule has 0 amide bonds. The van der Waals surface area contributed by atoms with Crippen LogP contribution in [0.1, 0.15) is 5.56 Å². The monoisotopic (exact) mass is 264 g/mol. The highest BCUT2D eigenvalue weighted by molar-refractivity contribution is 14.1. The normalized spacial score (nSPS) is 8.90. The largest absolute Gasteiger partial charge is 0.243 e. The van der Waals surface area contributed by atoms with Crippen molar-refractivity contribution in [2.24, 2.45) is 0 Å². The molecule has 0 N–H and O–H groups in total. The number of nitrogens with zero attached hydrogens (tertiary/aromatic N) is 2. The van der Waals surface area contributed by atoms with E-state index in [9.17, 15) is 0 Å². The van der Waals surface area contributed by atoms with Crippen molar-refractivity contribution in [3.05, 3.63) is 26.5 Å². The van der Waals surface area contributed by atoms with Gasteiger partial charge in [0, 0.05) is 9.77 Å². The van der Waals surface area contributed by atoms with Gasteiger partial charge in [-0.1, -0.05) is 11.6 Å². The molecule has 0 saturated heterocycles. The van der Waals surface area contributed by atoms with Crippen LogP contribution in [0.2, 0.25) is 5.15 Å². The van der Waals surface area contributed by atoms with Crippen LogP contribution in [0.5, 0.6) is 0 Å². The Labute approximate surface area is 77.0 Å². The second-order valence-electron chi connectivity index (χ2n) is 1.57. The molecule has 1 heterocycles. The van der Waals surface area contributed by atoms with Crippen molar-refractivity contribution >= 4 is 34.2 Å². The first kappa shape index (κ1) is 7.76. The lowest BCUT2D eigenvalue weighted by atomic mass is 10.3. The van der Waals surface area contributed by atoms with Crippen molar-refractivity contribution in [2.75, 3.05) is 0 Å². The Kier molecular flexibility index (Phi) is 2.46. The standard InChI is InChI=1S/C6H2ClIN2/c7-6-4(3-9)5(8)1-2-10-6/h1-2H. The highest BCUT2D eigenvalue weighted by Gasteiger charge is 2.02. The third-order valence-electron chi connectivity index (χ3n) is 0.966. The first-order valence-electron chi connectivity index (χ1n) is 2.46. The molecule has 0 aliphatic rings. The minimum absolute atomic E-state index is 0.273. The summed E-state index contributed by atoms with van der Waals surface area (Å²) >= 11 is 7.63. The average Bonchev–Trinajstić information content (AvgIpc) is 1.88. The van der Waals surface area contributed by atoms with Gasteiger partial charge in [0.05, 0.1) is 0 Å². The zero-order valence-corrected chi connectivity index (χ0v) is 7.72. The van der Waals surface area contributed by atoms with Crippen molar-refractivity contribution in [1.82, 2.24) is 4.98 Å². The van der Waals surface area contributed by atoms with Gasteiger partial charge in [-0.15, -0.1) is 0 Å². The van der Waals surface area contributed by atoms with Gasteiger partial charge in [-0.3, -0.25) is 0 Å². The Morgan fingerprint density at radius 2 is 2.40 bits per heavy atom. The molecule has 0 atom stereocenters. The molecule has 0 unspecified atom stereocenters. The predicted octanol–water partition coefficient (Wildman–Crippen LogP) is 2.21. The van der Waals surface area contributed by atoms with E-state index >= 15 is 0 Å². The van der Waals surface area contributed by atoms with Crippen LogP contribution in [0.3, 0.4) is 0 Å². The molecule has 0 fully saturated rings. The van der Waals surface area contributed by atoms with E-state index in [-0.39, 0.29) is 5.15 Å². The number of rotatable bonds is 0. The minimum Gasteiger partial charge on any atom is -0.243 e. The zero-order valence-electron chi connectivity index (χ0n) is 4.81. The summed E-state index contributed by atoms with van der Waals surface area (Å²) in [6, 6.07) is 3.70. The van der Waals surface area contributed by atoms with E-state index in [0.29, 0.717) is 5.56 Å². The fourth-order valence-corrected chi connectivity index (χ4v) is 1.41. The van der Waals surface area contributed by atoms with Crippen LogP contribution in [-0.2, 0) is 0 Å². The van der Waals surface area contributed by atoms with Crippen molar-refractivity contribution < 1.29 is 0 Å². The number of hydrogen-bond acceptors (Lipinski definition) is 2. The summed E-state index contributed by atoms with van der Waals surface area (Å²) < 4.78 is 0.833. The molecule has 1 aromatic heterocycles. The zero-order chi connectivity index (χ0) is 7.56. The molecule has 0 spiro atoms. The Balaban J connectivity index is 3.34. The molecule has 0 bridgehead atoms. The third-order valence-corrected chi connectivity index (χ3v) is 2.15. The van der Waals surface area contributed by atoms with Crippen LogP contribution < -0.4 is 0 Å². The molecule has 0 saturated carbocycles. The summed E-state index contributed by atoms with van der Waals surface area (Å²) in [6.45, 7) is 0. The van der Waals surface area contributed by atoms with Gasteiger partial charge in [-0.25, -0.2) is 4.98 Å². The number of hydrogen-bond donors (Lipinski definition) is 0. The third kappa shape index (κ3) is 1.39. The van der Waals surface area contributed by atoms with Gasteiger partial charge in [0.15, 0.2) is 0 Å². The highest BCUT2D eigenvalue weighted by atomic mass is 127. The maximum Gasteiger partial charge on any atom is 0.147 e. The second-order valence-corrected chi connectivity index (χ2v) is 3.09. The Morgan fingerprint density at radius 3 is 2.80 bits per heavy atom. The molecule has 0 aromatic carbocycles. The minimum atomic E-state index is 0.273. The fourth-order valence-electron chi connectivity index (χ4n) is 0.514. The first-order chi connectivity index (χ1) is 4.75. The van der Waals surface area contributed by atoms with E-state index in [1.165, 1.54) is 0 Å². The smallest absolute Gasteiger partial charge is 0.147 e. The Hall–Kier alpha value is -0.340. The Morgan fingerprint density at radius 1 is 1.70 bits per heavy atom. The van der Waals surface area contributed by atoms with Gasteiger partial charge in [-0.2, -0.15) is 5.26 Å². The quantitative estimate of drug-likeness (QED) is 0.532. The van der Waals surface area contributed by atoms with Crippen LogP contribution >= 0.6 is 34.2 Å². The number of aromatic nitrogens is 1. The van der Waals surface area contributed by atoms with E-state index in [0.717, 1.165) is 3.57 Å². The summed E-state index contributed by atoms with van der Waals surface area (Å²) in [4.78, 5) is 3.75. The van der Waals surface area contributed by atoms with E-state index < -0.39 is 0 Å². The van der Waals surface area contributed by atoms with Crippen LogP contribution in [0.25, 0.3) is 0 Å². The number of pyridine rings is 1. The molecule has 1 aromatic rings. The van der Waals surface area contributed by atoms with E-state index in [1.54, 1.807) is 12.3 Å². The van der Waals surface area contributed by atoms with E-state index in [1.807, 2.05) is 28.7 Å². The van der Waals surface area contributed by atoms with Crippen LogP contribution in [0.4, 0.5) is 0 Å². The lowest BCUT2D eigenvalue weighted by Crippen LogP contribution is -1.85. The average molecular weight is 264 g/mol. The van der Waals surface area contributed by atoms with Crippen LogP contribution in [0, 0.1) is 14.9 Å². The topological polar surface area (TPSA) is 36.7 Å². The summed E-state index contributed by atoms with van der Waals surface area (Å²) in [6.07, 6.45) is 1.57. The van der Waals surface area contributed by atoms with Crippen molar-refractivity contribution in [3.8, 4) is 6.07 Å². The van der Waals surface area contributed by atoms with Crippen LogP contribution in [-0.4, -0.2) is 4.98 Å². The fraction of sp³-hybridized carbons (Fsp3) is 0. The lowest BCUT2D eigenvalue weighted by Gasteiger charge is -1.93. The van der Waals surface area contributed by atoms with Gasteiger partial charge in [0.25, 0.3) is 0 Å². The lowest BCUT2D eigenvalue weighted by molar-refractivity contribution is 1.28. The molecular formula is C6H2ClIN2. The van der Waals surface area contributed by atoms with Gasteiger partial charge >= 0.3 is 0 Å². The van der Waals surface area contributed by atoms with Gasteiger partial charge < -0.3 is 0 Å². The molecular weight excluding hydrogens is 262 g/mol. The molecule has 50 valence electrons. The van der Waals surface area contributed by atoms with Gasteiger partial charge in [0.1, 0.15) is 16.8 Å². The number of halogens is 2. The molecule has 4 heteroatoms. The summed E-state index contributed by atoms with van der Waals surface area (Å²) in [5.74, 6) is 0. The molecule has 2 nitrogen and oxygen atoms in total. The predicted molar refractivity (Wildman–Crippen MR) is 46.7 cm³/mol. The van der Waals surface area contributed by atoms with Gasteiger partial charge in [0.2, 0.25) is 0 Å².